The average Bonchev–Trinajstić information content (AvgIpc) is 2.68. The van der Waals surface area contributed by atoms with Gasteiger partial charge in [-0.25, -0.2) is 10.2 Å². The van der Waals surface area contributed by atoms with Crippen molar-refractivity contribution in [2.24, 2.45) is 5.10 Å². The van der Waals surface area contributed by atoms with Crippen LogP contribution in [-0.2, 0) is 6.61 Å². The van der Waals surface area contributed by atoms with E-state index >= 15 is 0 Å². The van der Waals surface area contributed by atoms with Crippen LogP contribution >= 0.6 is 0 Å². The lowest BCUT2D eigenvalue weighted by atomic mass is 10.2. The third-order valence-corrected chi connectivity index (χ3v) is 3.52. The van der Waals surface area contributed by atoms with Crippen LogP contribution in [0.4, 0.5) is 10.5 Å². The zero-order valence-corrected chi connectivity index (χ0v) is 14.1. The molecule has 0 aromatic heterocycles. The summed E-state index contributed by atoms with van der Waals surface area (Å²) in [5, 5.41) is 6.64. The van der Waals surface area contributed by atoms with Crippen molar-refractivity contribution in [2.75, 3.05) is 5.32 Å². The second-order valence-corrected chi connectivity index (χ2v) is 5.54. The third kappa shape index (κ3) is 5.49. The summed E-state index contributed by atoms with van der Waals surface area (Å²) in [6, 6.07) is 26.3. The van der Waals surface area contributed by atoms with Crippen molar-refractivity contribution in [3.63, 3.8) is 0 Å². The quantitative estimate of drug-likeness (QED) is 0.513. The number of para-hydroxylation sites is 1. The maximum atomic E-state index is 11.8. The van der Waals surface area contributed by atoms with Gasteiger partial charge in [0.2, 0.25) is 0 Å². The van der Waals surface area contributed by atoms with E-state index in [9.17, 15) is 4.79 Å². The lowest BCUT2D eigenvalue weighted by Gasteiger charge is -2.07. The highest BCUT2D eigenvalue weighted by Gasteiger charge is 1.99. The van der Waals surface area contributed by atoms with Crippen molar-refractivity contribution in [2.45, 2.75) is 6.61 Å². The number of nitrogens with zero attached hydrogens (tertiary/aromatic N) is 1. The van der Waals surface area contributed by atoms with Gasteiger partial charge in [0.25, 0.3) is 0 Å². The first-order valence-corrected chi connectivity index (χ1v) is 8.21. The molecule has 2 amide bonds. The van der Waals surface area contributed by atoms with Gasteiger partial charge < -0.3 is 10.1 Å². The fourth-order valence-corrected chi connectivity index (χ4v) is 2.27. The Bertz CT molecular complexity index is 865. The van der Waals surface area contributed by atoms with Crippen molar-refractivity contribution >= 4 is 17.9 Å². The minimum atomic E-state index is -0.399. The molecule has 0 aliphatic heterocycles. The van der Waals surface area contributed by atoms with Crippen LogP contribution in [0.3, 0.4) is 0 Å². The molecular weight excluding hydrogens is 326 g/mol. The highest BCUT2D eigenvalue weighted by Crippen LogP contribution is 2.14. The predicted octanol–water partition coefficient (Wildman–Crippen LogP) is 4.42. The molecule has 5 nitrogen and oxygen atoms in total. The number of amides is 2. The van der Waals surface area contributed by atoms with Gasteiger partial charge in [0.05, 0.1) is 6.21 Å². The summed E-state index contributed by atoms with van der Waals surface area (Å²) in [6.07, 6.45) is 1.57. The Morgan fingerprint density at radius 2 is 1.65 bits per heavy atom. The molecule has 0 heterocycles. The van der Waals surface area contributed by atoms with Gasteiger partial charge in [0, 0.05) is 5.69 Å². The van der Waals surface area contributed by atoms with Gasteiger partial charge in [-0.2, -0.15) is 5.10 Å². The average molecular weight is 345 g/mol. The van der Waals surface area contributed by atoms with Gasteiger partial charge in [0.15, 0.2) is 0 Å². The van der Waals surface area contributed by atoms with E-state index < -0.39 is 6.03 Å². The summed E-state index contributed by atoms with van der Waals surface area (Å²) in [4.78, 5) is 11.8. The minimum absolute atomic E-state index is 0.399. The first kappa shape index (κ1) is 17.2. The molecule has 130 valence electrons. The largest absolute Gasteiger partial charge is 0.489 e. The first-order valence-electron chi connectivity index (χ1n) is 8.21. The van der Waals surface area contributed by atoms with E-state index in [0.717, 1.165) is 16.9 Å². The van der Waals surface area contributed by atoms with E-state index in [0.29, 0.717) is 12.3 Å². The van der Waals surface area contributed by atoms with E-state index in [1.165, 1.54) is 0 Å². The number of anilines is 1. The van der Waals surface area contributed by atoms with Crippen molar-refractivity contribution < 1.29 is 9.53 Å². The van der Waals surface area contributed by atoms with E-state index in [2.05, 4.69) is 15.8 Å². The van der Waals surface area contributed by atoms with E-state index in [1.54, 1.807) is 18.3 Å². The van der Waals surface area contributed by atoms with Crippen LogP contribution in [0.15, 0.2) is 90.0 Å². The van der Waals surface area contributed by atoms with Gasteiger partial charge in [-0.3, -0.25) is 0 Å². The number of rotatable bonds is 6. The normalized spacial score (nSPS) is 10.5. The number of nitrogens with one attached hydrogen (secondary N) is 2. The van der Waals surface area contributed by atoms with E-state index in [1.807, 2.05) is 72.8 Å². The van der Waals surface area contributed by atoms with E-state index in [4.69, 9.17) is 4.74 Å². The number of benzene rings is 3. The topological polar surface area (TPSA) is 62.7 Å². The van der Waals surface area contributed by atoms with Gasteiger partial charge in [0.1, 0.15) is 12.4 Å². The monoisotopic (exact) mass is 345 g/mol. The number of ether oxygens (including phenoxy) is 1. The van der Waals surface area contributed by atoms with Crippen LogP contribution in [0.1, 0.15) is 11.1 Å². The smallest absolute Gasteiger partial charge is 0.339 e. The molecule has 2 N–H and O–H groups in total. The van der Waals surface area contributed by atoms with Crippen LogP contribution in [0.25, 0.3) is 0 Å². The number of hydrazone groups is 1. The van der Waals surface area contributed by atoms with Crippen molar-refractivity contribution in [1.82, 2.24) is 5.43 Å². The summed E-state index contributed by atoms with van der Waals surface area (Å²) in [7, 11) is 0. The van der Waals surface area contributed by atoms with Crippen LogP contribution < -0.4 is 15.5 Å². The molecule has 26 heavy (non-hydrogen) atoms. The zero-order chi connectivity index (χ0) is 18.0. The first-order chi connectivity index (χ1) is 12.8. The number of urea groups is 1. The fourth-order valence-electron chi connectivity index (χ4n) is 2.27. The minimum Gasteiger partial charge on any atom is -0.489 e. The number of hydrogen-bond acceptors (Lipinski definition) is 3. The molecule has 0 bridgehead atoms. The maximum absolute atomic E-state index is 11.8. The van der Waals surface area contributed by atoms with Crippen molar-refractivity contribution in [3.05, 3.63) is 96.1 Å². The third-order valence-electron chi connectivity index (χ3n) is 3.52. The van der Waals surface area contributed by atoms with E-state index in [-0.39, 0.29) is 0 Å². The molecular formula is C21H19N3O2. The lowest BCUT2D eigenvalue weighted by molar-refractivity contribution is 0.252. The summed E-state index contributed by atoms with van der Waals surface area (Å²) >= 11 is 0. The molecule has 0 aliphatic rings. The van der Waals surface area contributed by atoms with Crippen LogP contribution in [0.2, 0.25) is 0 Å². The van der Waals surface area contributed by atoms with Crippen LogP contribution in [0, 0.1) is 0 Å². The van der Waals surface area contributed by atoms with Gasteiger partial charge >= 0.3 is 6.03 Å². The molecule has 5 heteroatoms. The summed E-state index contributed by atoms with van der Waals surface area (Å²) in [5.74, 6) is 0.742. The second kappa shape index (κ2) is 9.03. The Hall–Kier alpha value is -3.60. The summed E-state index contributed by atoms with van der Waals surface area (Å²) in [6.45, 7) is 0.499. The molecule has 0 saturated carbocycles. The van der Waals surface area contributed by atoms with Crippen molar-refractivity contribution in [3.8, 4) is 5.75 Å². The summed E-state index contributed by atoms with van der Waals surface area (Å²) in [5.41, 5.74) is 5.07. The molecule has 0 aliphatic carbocycles. The Morgan fingerprint density at radius 1 is 0.923 bits per heavy atom. The van der Waals surface area contributed by atoms with Crippen LogP contribution in [0.5, 0.6) is 5.75 Å². The standard InChI is InChI=1S/C21H19N3O2/c25-21(23-19-11-5-2-6-12-19)24-22-15-18-10-7-13-20(14-18)26-16-17-8-3-1-4-9-17/h1-15H,16H2,(H2,23,24,25)/b22-15+. The van der Waals surface area contributed by atoms with Gasteiger partial charge in [-0.1, -0.05) is 60.7 Å². The Kier molecular flexibility index (Phi) is 5.99. The van der Waals surface area contributed by atoms with Crippen molar-refractivity contribution in [1.29, 1.82) is 0 Å². The molecule has 0 atom stereocenters. The number of carbonyl (C=O) groups is 1. The molecule has 0 spiro atoms. The highest BCUT2D eigenvalue weighted by atomic mass is 16.5. The molecule has 0 saturated heterocycles. The SMILES string of the molecule is O=C(N/N=C/c1cccc(OCc2ccccc2)c1)Nc1ccccc1. The molecule has 3 rings (SSSR count). The summed E-state index contributed by atoms with van der Waals surface area (Å²) < 4.78 is 5.78. The second-order valence-electron chi connectivity index (χ2n) is 5.54. The lowest BCUT2D eigenvalue weighted by Crippen LogP contribution is -2.24. The van der Waals surface area contributed by atoms with Gasteiger partial charge in [-0.15, -0.1) is 0 Å². The predicted molar refractivity (Wildman–Crippen MR) is 103 cm³/mol. The maximum Gasteiger partial charge on any atom is 0.339 e. The molecule has 0 fully saturated rings. The Balaban J connectivity index is 1.51. The number of carbonyl (C=O) groups excluding carboxylic acids is 1. The highest BCUT2D eigenvalue weighted by molar-refractivity contribution is 5.90. The molecule has 3 aromatic carbocycles. The molecule has 0 radical (unpaired) electrons. The Morgan fingerprint density at radius 3 is 2.42 bits per heavy atom. The zero-order valence-electron chi connectivity index (χ0n) is 14.1. The number of hydrogen-bond donors (Lipinski definition) is 2. The Labute approximate surface area is 152 Å². The molecule has 3 aromatic rings. The van der Waals surface area contributed by atoms with Crippen LogP contribution in [-0.4, -0.2) is 12.2 Å². The fraction of sp³-hybridized carbons (Fsp3) is 0.0476. The van der Waals surface area contributed by atoms with Gasteiger partial charge in [-0.05, 0) is 35.4 Å². The molecule has 0 unspecified atom stereocenters.